The average Bonchev–Trinajstić information content (AvgIpc) is 3.30. The number of halogens is 2. The van der Waals surface area contributed by atoms with Crippen molar-refractivity contribution in [1.29, 1.82) is 0 Å². The van der Waals surface area contributed by atoms with Gasteiger partial charge in [-0.15, -0.1) is 0 Å². The minimum atomic E-state index is -0.959. The van der Waals surface area contributed by atoms with Crippen molar-refractivity contribution in [2.24, 2.45) is 0 Å². The molecule has 0 atom stereocenters. The summed E-state index contributed by atoms with van der Waals surface area (Å²) in [5.74, 6) is -0.00395. The summed E-state index contributed by atoms with van der Waals surface area (Å²) >= 11 is 12.5. The van der Waals surface area contributed by atoms with E-state index in [1.54, 1.807) is 48.5 Å². The van der Waals surface area contributed by atoms with Gasteiger partial charge in [-0.25, -0.2) is 9.78 Å². The van der Waals surface area contributed by atoms with Crippen LogP contribution in [0.4, 0.5) is 0 Å². The van der Waals surface area contributed by atoms with Gasteiger partial charge in [0.1, 0.15) is 11.6 Å². The first-order valence-electron chi connectivity index (χ1n) is 11.8. The summed E-state index contributed by atoms with van der Waals surface area (Å²) in [5.41, 5.74) is 5.72. The van der Waals surface area contributed by atoms with Crippen LogP contribution in [0.25, 0.3) is 34.5 Å². The van der Waals surface area contributed by atoms with Crippen LogP contribution >= 0.6 is 23.2 Å². The monoisotopic (exact) mass is 540 g/mol. The summed E-state index contributed by atoms with van der Waals surface area (Å²) in [4.78, 5) is 16.1. The number of carboxylic acids is 1. The molecule has 5 aromatic rings. The number of benzene rings is 4. The average molecular weight is 541 g/mol. The predicted molar refractivity (Wildman–Crippen MR) is 153 cm³/mol. The molecule has 7 heteroatoms. The molecule has 5 rings (SSSR count). The van der Waals surface area contributed by atoms with Crippen molar-refractivity contribution in [3.8, 4) is 28.1 Å². The maximum atomic E-state index is 11.2. The van der Waals surface area contributed by atoms with Crippen molar-refractivity contribution < 1.29 is 15.0 Å². The summed E-state index contributed by atoms with van der Waals surface area (Å²) in [7, 11) is 0. The maximum absolute atomic E-state index is 11.2. The molecule has 0 unspecified atom stereocenters. The van der Waals surface area contributed by atoms with Crippen LogP contribution in [0, 0.1) is 0 Å². The predicted octanol–water partition coefficient (Wildman–Crippen LogP) is 8.15. The SMILES string of the molecule is O=C(O)c1ccc(Cn2cc(-c3ccc(Cl)cc3Cl)nc2/C=C/c2ccc(-c3ccc(O)cc3)cc2)cc1. The van der Waals surface area contributed by atoms with Crippen LogP contribution in [0.3, 0.4) is 0 Å². The third-order valence-corrected chi connectivity index (χ3v) is 6.65. The Labute approximate surface area is 229 Å². The first-order valence-corrected chi connectivity index (χ1v) is 12.5. The Balaban J connectivity index is 1.45. The largest absolute Gasteiger partial charge is 0.508 e. The number of rotatable bonds is 7. The molecule has 0 saturated carbocycles. The van der Waals surface area contributed by atoms with E-state index in [2.05, 4.69) is 0 Å². The number of phenols is 1. The molecule has 0 fully saturated rings. The van der Waals surface area contributed by atoms with E-state index in [4.69, 9.17) is 28.2 Å². The molecule has 1 aromatic heterocycles. The third kappa shape index (κ3) is 5.80. The van der Waals surface area contributed by atoms with Crippen molar-refractivity contribution in [2.45, 2.75) is 6.54 Å². The molecule has 188 valence electrons. The van der Waals surface area contributed by atoms with Crippen LogP contribution in [-0.2, 0) is 6.54 Å². The Hall–Kier alpha value is -4.32. The van der Waals surface area contributed by atoms with Gasteiger partial charge >= 0.3 is 5.97 Å². The van der Waals surface area contributed by atoms with Gasteiger partial charge < -0.3 is 14.8 Å². The first kappa shape index (κ1) is 25.3. The minimum Gasteiger partial charge on any atom is -0.508 e. The van der Waals surface area contributed by atoms with Crippen LogP contribution < -0.4 is 0 Å². The molecule has 1 heterocycles. The zero-order valence-corrected chi connectivity index (χ0v) is 21.6. The number of aromatic hydroxyl groups is 1. The number of phenolic OH excluding ortho intramolecular Hbond substituents is 1. The summed E-state index contributed by atoms with van der Waals surface area (Å²) in [6, 6.07) is 27.3. The Morgan fingerprint density at radius 3 is 2.13 bits per heavy atom. The van der Waals surface area contributed by atoms with Crippen LogP contribution in [0.2, 0.25) is 10.0 Å². The second kappa shape index (κ2) is 11.0. The Kier molecular flexibility index (Phi) is 7.31. The lowest BCUT2D eigenvalue weighted by molar-refractivity contribution is 0.0697. The summed E-state index contributed by atoms with van der Waals surface area (Å²) in [5, 5.41) is 19.8. The Bertz CT molecular complexity index is 1620. The van der Waals surface area contributed by atoms with E-state index in [1.807, 2.05) is 65.4 Å². The molecule has 0 saturated heterocycles. The van der Waals surface area contributed by atoms with Gasteiger partial charge in [-0.1, -0.05) is 77.8 Å². The van der Waals surface area contributed by atoms with E-state index in [-0.39, 0.29) is 11.3 Å². The third-order valence-electron chi connectivity index (χ3n) is 6.10. The zero-order valence-electron chi connectivity index (χ0n) is 20.1. The minimum absolute atomic E-state index is 0.237. The van der Waals surface area contributed by atoms with Gasteiger partial charge in [0.25, 0.3) is 0 Å². The lowest BCUT2D eigenvalue weighted by Gasteiger charge is -2.06. The maximum Gasteiger partial charge on any atom is 0.335 e. The van der Waals surface area contributed by atoms with Crippen molar-refractivity contribution in [2.75, 3.05) is 0 Å². The number of carboxylic acid groups (broad SMARTS) is 1. The molecule has 2 N–H and O–H groups in total. The van der Waals surface area contributed by atoms with Crippen molar-refractivity contribution in [3.63, 3.8) is 0 Å². The number of carbonyl (C=O) groups is 1. The highest BCUT2D eigenvalue weighted by Crippen LogP contribution is 2.30. The molecule has 0 aliphatic carbocycles. The fourth-order valence-corrected chi connectivity index (χ4v) is 4.58. The Morgan fingerprint density at radius 1 is 0.842 bits per heavy atom. The van der Waals surface area contributed by atoms with E-state index in [1.165, 1.54) is 0 Å². The standard InChI is InChI=1S/C31H22Cl2N2O3/c32-25-12-15-27(28(33)17-25)29-19-35(18-21-3-8-24(9-4-21)31(37)38)30(34-29)16-5-20-1-6-22(7-2-20)23-10-13-26(36)14-11-23/h1-17,19,36H,18H2,(H,37,38)/b16-5+. The van der Waals surface area contributed by atoms with Gasteiger partial charge in [0.05, 0.1) is 16.3 Å². The molecule has 0 radical (unpaired) electrons. The highest BCUT2D eigenvalue weighted by molar-refractivity contribution is 6.36. The summed E-state index contributed by atoms with van der Waals surface area (Å²) < 4.78 is 2.00. The van der Waals surface area contributed by atoms with Gasteiger partial charge in [-0.05, 0) is 70.8 Å². The molecule has 5 nitrogen and oxygen atoms in total. The van der Waals surface area contributed by atoms with Crippen molar-refractivity contribution in [3.05, 3.63) is 130 Å². The molecule has 0 aliphatic rings. The molecular weight excluding hydrogens is 519 g/mol. The molecule has 0 aliphatic heterocycles. The van der Waals surface area contributed by atoms with Gasteiger partial charge in [0.15, 0.2) is 0 Å². The number of nitrogens with zero attached hydrogens (tertiary/aromatic N) is 2. The van der Waals surface area contributed by atoms with Gasteiger partial charge in [-0.3, -0.25) is 0 Å². The lowest BCUT2D eigenvalue weighted by atomic mass is 10.0. The highest BCUT2D eigenvalue weighted by atomic mass is 35.5. The van der Waals surface area contributed by atoms with E-state index < -0.39 is 5.97 Å². The molecule has 4 aromatic carbocycles. The molecule has 38 heavy (non-hydrogen) atoms. The van der Waals surface area contributed by atoms with Gasteiger partial charge in [0, 0.05) is 23.3 Å². The zero-order chi connectivity index (χ0) is 26.6. The van der Waals surface area contributed by atoms with Crippen molar-refractivity contribution >= 4 is 41.3 Å². The number of imidazole rings is 1. The number of hydrogen-bond donors (Lipinski definition) is 2. The van der Waals surface area contributed by atoms with Crippen LogP contribution in [0.15, 0.2) is 97.2 Å². The van der Waals surface area contributed by atoms with Crippen molar-refractivity contribution in [1.82, 2.24) is 9.55 Å². The fourth-order valence-electron chi connectivity index (χ4n) is 4.08. The molecule has 0 bridgehead atoms. The smallest absolute Gasteiger partial charge is 0.335 e. The van der Waals surface area contributed by atoms with Gasteiger partial charge in [-0.2, -0.15) is 0 Å². The second-order valence-corrected chi connectivity index (χ2v) is 9.58. The quantitative estimate of drug-likeness (QED) is 0.218. The van der Waals surface area contributed by atoms with E-state index in [0.717, 1.165) is 33.6 Å². The van der Waals surface area contributed by atoms with Crippen LogP contribution in [0.1, 0.15) is 27.3 Å². The number of aromatic nitrogens is 2. The number of aromatic carboxylic acids is 1. The lowest BCUT2D eigenvalue weighted by Crippen LogP contribution is -2.02. The topological polar surface area (TPSA) is 75.3 Å². The van der Waals surface area contributed by atoms with E-state index >= 15 is 0 Å². The number of hydrogen-bond acceptors (Lipinski definition) is 3. The Morgan fingerprint density at radius 2 is 1.50 bits per heavy atom. The molecule has 0 spiro atoms. The molecule has 0 amide bonds. The first-order chi connectivity index (χ1) is 18.4. The summed E-state index contributed by atoms with van der Waals surface area (Å²) in [6.07, 6.45) is 5.85. The normalized spacial score (nSPS) is 11.2. The highest BCUT2D eigenvalue weighted by Gasteiger charge is 2.12. The second-order valence-electron chi connectivity index (χ2n) is 8.74. The van der Waals surface area contributed by atoms with Crippen LogP contribution in [0.5, 0.6) is 5.75 Å². The fraction of sp³-hybridized carbons (Fsp3) is 0.0323. The van der Waals surface area contributed by atoms with Gasteiger partial charge in [0.2, 0.25) is 0 Å². The van der Waals surface area contributed by atoms with Crippen LogP contribution in [-0.4, -0.2) is 25.7 Å². The van der Waals surface area contributed by atoms with E-state index in [0.29, 0.717) is 22.3 Å². The van der Waals surface area contributed by atoms with E-state index in [9.17, 15) is 15.0 Å². The molecular formula is C31H22Cl2N2O3. The summed E-state index contributed by atoms with van der Waals surface area (Å²) in [6.45, 7) is 0.498.